The molecule has 1 fully saturated rings. The maximum atomic E-state index is 13.0. The molecule has 0 saturated heterocycles. The van der Waals surface area contributed by atoms with E-state index in [0.717, 1.165) is 0 Å². The first-order chi connectivity index (χ1) is 7.66. The van der Waals surface area contributed by atoms with E-state index in [2.05, 4.69) is 12.2 Å². The first-order valence-corrected chi connectivity index (χ1v) is 5.87. The fraction of sp³-hybridized carbons (Fsp3) is 0.538. The molecule has 2 unspecified atom stereocenters. The molecule has 88 valence electrons. The lowest BCUT2D eigenvalue weighted by Gasteiger charge is -2.17. The Balaban J connectivity index is 1.96. The zero-order valence-electron chi connectivity index (χ0n) is 9.54. The van der Waals surface area contributed by atoms with Crippen molar-refractivity contribution in [2.45, 2.75) is 38.8 Å². The number of halogens is 1. The predicted octanol–water partition coefficient (Wildman–Crippen LogP) is 2.81. The SMILES string of the molecule is CC1CCCC1NCc1cc(F)ccc1O. The fourth-order valence-electron chi connectivity index (χ4n) is 2.39. The zero-order valence-corrected chi connectivity index (χ0v) is 9.54. The zero-order chi connectivity index (χ0) is 11.5. The molecular weight excluding hydrogens is 205 g/mol. The van der Waals surface area contributed by atoms with Crippen molar-refractivity contribution in [2.75, 3.05) is 0 Å². The Morgan fingerprint density at radius 3 is 2.94 bits per heavy atom. The molecule has 3 heteroatoms. The minimum atomic E-state index is -0.297. The highest BCUT2D eigenvalue weighted by molar-refractivity contribution is 5.32. The van der Waals surface area contributed by atoms with Crippen molar-refractivity contribution in [1.29, 1.82) is 0 Å². The Hall–Kier alpha value is -1.09. The maximum absolute atomic E-state index is 13.0. The second kappa shape index (κ2) is 4.83. The van der Waals surface area contributed by atoms with Crippen LogP contribution in [0.2, 0.25) is 0 Å². The van der Waals surface area contributed by atoms with Gasteiger partial charge in [0.05, 0.1) is 0 Å². The molecule has 0 amide bonds. The molecule has 0 heterocycles. The van der Waals surface area contributed by atoms with Crippen LogP contribution >= 0.6 is 0 Å². The van der Waals surface area contributed by atoms with Crippen molar-refractivity contribution in [3.05, 3.63) is 29.6 Å². The van der Waals surface area contributed by atoms with Crippen LogP contribution in [0.5, 0.6) is 5.75 Å². The molecule has 1 saturated carbocycles. The second-order valence-electron chi connectivity index (χ2n) is 4.67. The summed E-state index contributed by atoms with van der Waals surface area (Å²) in [6.45, 7) is 2.77. The average Bonchev–Trinajstić information content (AvgIpc) is 2.66. The monoisotopic (exact) mass is 223 g/mol. The molecule has 1 aliphatic rings. The smallest absolute Gasteiger partial charge is 0.123 e. The third-order valence-electron chi connectivity index (χ3n) is 3.46. The van der Waals surface area contributed by atoms with Gasteiger partial charge in [-0.15, -0.1) is 0 Å². The van der Waals surface area contributed by atoms with E-state index in [1.165, 1.54) is 37.5 Å². The number of nitrogens with one attached hydrogen (secondary N) is 1. The van der Waals surface area contributed by atoms with E-state index in [1.54, 1.807) is 0 Å². The lowest BCUT2D eigenvalue weighted by atomic mass is 10.1. The minimum Gasteiger partial charge on any atom is -0.508 e. The highest BCUT2D eigenvalue weighted by Gasteiger charge is 2.22. The molecule has 2 atom stereocenters. The number of benzene rings is 1. The Bertz CT molecular complexity index is 367. The molecule has 1 aromatic rings. The first kappa shape index (κ1) is 11.4. The van der Waals surface area contributed by atoms with E-state index in [-0.39, 0.29) is 11.6 Å². The van der Waals surface area contributed by atoms with E-state index in [4.69, 9.17) is 0 Å². The van der Waals surface area contributed by atoms with Gasteiger partial charge in [0, 0.05) is 18.2 Å². The number of hydrogen-bond acceptors (Lipinski definition) is 2. The van der Waals surface area contributed by atoms with Crippen molar-refractivity contribution < 1.29 is 9.50 Å². The molecule has 1 aliphatic carbocycles. The third kappa shape index (κ3) is 2.53. The lowest BCUT2D eigenvalue weighted by Crippen LogP contribution is -2.30. The molecule has 0 spiro atoms. The highest BCUT2D eigenvalue weighted by atomic mass is 19.1. The van der Waals surface area contributed by atoms with Crippen LogP contribution in [0, 0.1) is 11.7 Å². The molecule has 2 rings (SSSR count). The standard InChI is InChI=1S/C13H18FNO/c1-9-3-2-4-12(9)15-8-10-7-11(14)5-6-13(10)16/h5-7,9,12,15-16H,2-4,8H2,1H3. The van der Waals surface area contributed by atoms with Crippen LogP contribution in [0.25, 0.3) is 0 Å². The summed E-state index contributed by atoms with van der Waals surface area (Å²) in [7, 11) is 0. The molecule has 1 aromatic carbocycles. The van der Waals surface area contributed by atoms with Crippen molar-refractivity contribution in [2.24, 2.45) is 5.92 Å². The Morgan fingerprint density at radius 2 is 2.25 bits per heavy atom. The number of rotatable bonds is 3. The van der Waals surface area contributed by atoms with Gasteiger partial charge >= 0.3 is 0 Å². The third-order valence-corrected chi connectivity index (χ3v) is 3.46. The molecule has 0 radical (unpaired) electrons. The number of phenolic OH excluding ortho intramolecular Hbond substituents is 1. The second-order valence-corrected chi connectivity index (χ2v) is 4.67. The Labute approximate surface area is 95.5 Å². The van der Waals surface area contributed by atoms with Gasteiger partial charge in [-0.3, -0.25) is 0 Å². The van der Waals surface area contributed by atoms with Gasteiger partial charge in [-0.25, -0.2) is 4.39 Å². The first-order valence-electron chi connectivity index (χ1n) is 5.87. The van der Waals surface area contributed by atoms with Gasteiger partial charge in [0.1, 0.15) is 11.6 Å². The Morgan fingerprint density at radius 1 is 1.44 bits per heavy atom. The van der Waals surface area contributed by atoms with Gasteiger partial charge < -0.3 is 10.4 Å². The summed E-state index contributed by atoms with van der Waals surface area (Å²) in [5, 5.41) is 13.0. The fourth-order valence-corrected chi connectivity index (χ4v) is 2.39. The van der Waals surface area contributed by atoms with Gasteiger partial charge in [0.15, 0.2) is 0 Å². The molecule has 2 N–H and O–H groups in total. The van der Waals surface area contributed by atoms with Crippen LogP contribution in [0.1, 0.15) is 31.7 Å². The minimum absolute atomic E-state index is 0.166. The van der Waals surface area contributed by atoms with Gasteiger partial charge in [-0.1, -0.05) is 13.3 Å². The van der Waals surface area contributed by atoms with Gasteiger partial charge in [-0.2, -0.15) is 0 Å². The predicted molar refractivity (Wildman–Crippen MR) is 61.7 cm³/mol. The van der Waals surface area contributed by atoms with Crippen molar-refractivity contribution in [1.82, 2.24) is 5.32 Å². The van der Waals surface area contributed by atoms with Crippen LogP contribution in [-0.2, 0) is 6.54 Å². The lowest BCUT2D eigenvalue weighted by molar-refractivity contribution is 0.414. The average molecular weight is 223 g/mol. The van der Waals surface area contributed by atoms with Gasteiger partial charge in [0.25, 0.3) is 0 Å². The van der Waals surface area contributed by atoms with E-state index in [1.807, 2.05) is 0 Å². The van der Waals surface area contributed by atoms with Crippen LogP contribution in [0.3, 0.4) is 0 Å². The number of phenols is 1. The molecule has 16 heavy (non-hydrogen) atoms. The summed E-state index contributed by atoms with van der Waals surface area (Å²) in [4.78, 5) is 0. The summed E-state index contributed by atoms with van der Waals surface area (Å²) in [6, 6.07) is 4.58. The Kier molecular flexibility index (Phi) is 3.44. The molecular formula is C13H18FNO. The van der Waals surface area contributed by atoms with Gasteiger partial charge in [-0.05, 0) is 37.0 Å². The largest absolute Gasteiger partial charge is 0.508 e. The van der Waals surface area contributed by atoms with Crippen molar-refractivity contribution in [3.63, 3.8) is 0 Å². The van der Waals surface area contributed by atoms with E-state index < -0.39 is 0 Å². The number of hydrogen-bond donors (Lipinski definition) is 2. The van der Waals surface area contributed by atoms with Crippen LogP contribution in [0.15, 0.2) is 18.2 Å². The summed E-state index contributed by atoms with van der Waals surface area (Å²) in [5.74, 6) is 0.546. The summed E-state index contributed by atoms with van der Waals surface area (Å²) >= 11 is 0. The molecule has 0 aromatic heterocycles. The maximum Gasteiger partial charge on any atom is 0.123 e. The molecule has 0 aliphatic heterocycles. The van der Waals surface area contributed by atoms with Crippen molar-refractivity contribution in [3.8, 4) is 5.75 Å². The molecule has 0 bridgehead atoms. The van der Waals surface area contributed by atoms with Crippen molar-refractivity contribution >= 4 is 0 Å². The van der Waals surface area contributed by atoms with Crippen LogP contribution in [0.4, 0.5) is 4.39 Å². The van der Waals surface area contributed by atoms with Crippen LogP contribution < -0.4 is 5.32 Å². The van der Waals surface area contributed by atoms with E-state index in [9.17, 15) is 9.50 Å². The summed E-state index contributed by atoms with van der Waals surface area (Å²) in [5.41, 5.74) is 0.638. The normalized spacial score (nSPS) is 24.9. The number of aromatic hydroxyl groups is 1. The van der Waals surface area contributed by atoms with Crippen LogP contribution in [-0.4, -0.2) is 11.1 Å². The summed E-state index contributed by atoms with van der Waals surface area (Å²) < 4.78 is 13.0. The van der Waals surface area contributed by atoms with Gasteiger partial charge in [0.2, 0.25) is 0 Å². The quantitative estimate of drug-likeness (QED) is 0.825. The molecule has 2 nitrogen and oxygen atoms in total. The highest BCUT2D eigenvalue weighted by Crippen LogP contribution is 2.26. The van der Waals surface area contributed by atoms with E-state index >= 15 is 0 Å². The van der Waals surface area contributed by atoms with E-state index in [0.29, 0.717) is 24.1 Å². The summed E-state index contributed by atoms with van der Waals surface area (Å²) in [6.07, 6.45) is 3.69. The topological polar surface area (TPSA) is 32.3 Å².